The van der Waals surface area contributed by atoms with Crippen LogP contribution in [0.1, 0.15) is 0 Å². The lowest BCUT2D eigenvalue weighted by molar-refractivity contribution is 0.316. The molecule has 220 valence electrons. The predicted octanol–water partition coefficient (Wildman–Crippen LogP) is 10.0. The van der Waals surface area contributed by atoms with Gasteiger partial charge in [-0.1, -0.05) is 127 Å². The number of fused-ring (bicyclic) bond motifs is 5. The molecule has 0 spiro atoms. The molecule has 0 aliphatic rings. The normalized spacial score (nSPS) is 11.4. The zero-order valence-electron chi connectivity index (χ0n) is 25.1. The Hall–Kier alpha value is -6.53. The first-order valence-electron chi connectivity index (χ1n) is 15.4. The molecule has 3 heterocycles. The van der Waals surface area contributed by atoms with Gasteiger partial charge in [-0.2, -0.15) is 0 Å². The molecule has 0 radical (unpaired) electrons. The maximum Gasteiger partial charge on any atom is 0.160 e. The van der Waals surface area contributed by atoms with E-state index in [0.717, 1.165) is 83.2 Å². The van der Waals surface area contributed by atoms with Gasteiger partial charge in [-0.05, 0) is 45.7 Å². The first kappa shape index (κ1) is 26.8. The number of aromatic nitrogens is 5. The summed E-state index contributed by atoms with van der Waals surface area (Å²) in [7, 11) is 0. The van der Waals surface area contributed by atoms with Gasteiger partial charge in [0.15, 0.2) is 5.82 Å². The van der Waals surface area contributed by atoms with Crippen LogP contribution in [0.5, 0.6) is 0 Å². The van der Waals surface area contributed by atoms with Crippen LogP contribution in [-0.2, 0) is 0 Å². The maximum absolute atomic E-state index is 5.20. The second kappa shape index (κ2) is 11.1. The monoisotopic (exact) mass is 603 g/mol. The second-order valence-electron chi connectivity index (χ2n) is 11.4. The van der Waals surface area contributed by atoms with E-state index in [-0.39, 0.29) is 0 Å². The van der Waals surface area contributed by atoms with E-state index in [9.17, 15) is 0 Å². The van der Waals surface area contributed by atoms with Crippen LogP contribution in [0.2, 0.25) is 0 Å². The maximum atomic E-state index is 5.20. The highest BCUT2D eigenvalue weighted by atomic mass is 16.6. The molecular weight excluding hydrogens is 578 g/mol. The lowest BCUT2D eigenvalue weighted by atomic mass is 9.96. The van der Waals surface area contributed by atoms with E-state index in [1.807, 2.05) is 72.8 Å². The molecule has 0 atom stereocenters. The highest BCUT2D eigenvalue weighted by Gasteiger charge is 2.17. The standard InChI is InChI=1S/C41H25N5O/c1-4-10-27(11-5-1)35-25-36(44-41(43-35)30-14-8-3-9-15-30)28-18-16-26(17-19-28)31-20-21-32-37(24-31)42-39(29-12-6-2-7-13-29)33-22-23-34-40(38(32)33)46-47-45-34/h1-25H. The van der Waals surface area contributed by atoms with Gasteiger partial charge in [0, 0.05) is 38.4 Å². The molecule has 47 heavy (non-hydrogen) atoms. The third-order valence-corrected chi connectivity index (χ3v) is 8.57. The van der Waals surface area contributed by atoms with Gasteiger partial charge in [-0.15, -0.1) is 0 Å². The van der Waals surface area contributed by atoms with Gasteiger partial charge in [0.2, 0.25) is 0 Å². The van der Waals surface area contributed by atoms with Crippen LogP contribution in [0.4, 0.5) is 0 Å². The molecule has 6 nitrogen and oxygen atoms in total. The quantitative estimate of drug-likeness (QED) is 0.182. The molecule has 9 aromatic rings. The van der Waals surface area contributed by atoms with Gasteiger partial charge in [-0.3, -0.25) is 0 Å². The van der Waals surface area contributed by atoms with E-state index in [2.05, 4.69) is 89.2 Å². The Kier molecular flexibility index (Phi) is 6.35. The van der Waals surface area contributed by atoms with Crippen molar-refractivity contribution in [2.24, 2.45) is 0 Å². The molecule has 0 fully saturated rings. The number of hydrogen-bond donors (Lipinski definition) is 0. The fraction of sp³-hybridized carbons (Fsp3) is 0. The van der Waals surface area contributed by atoms with Crippen molar-refractivity contribution < 1.29 is 4.63 Å². The van der Waals surface area contributed by atoms with Crippen molar-refractivity contribution in [3.05, 3.63) is 152 Å². The Bertz CT molecular complexity index is 2490. The van der Waals surface area contributed by atoms with Crippen LogP contribution in [0, 0.1) is 0 Å². The smallest absolute Gasteiger partial charge is 0.160 e. The van der Waals surface area contributed by atoms with Crippen molar-refractivity contribution in [1.29, 1.82) is 0 Å². The summed E-state index contributed by atoms with van der Waals surface area (Å²) in [5, 5.41) is 11.4. The molecule has 3 aromatic heterocycles. The number of rotatable bonds is 5. The molecule has 0 bridgehead atoms. The van der Waals surface area contributed by atoms with Crippen LogP contribution in [-0.4, -0.2) is 25.3 Å². The average Bonchev–Trinajstić information content (AvgIpc) is 3.65. The van der Waals surface area contributed by atoms with Crippen molar-refractivity contribution in [1.82, 2.24) is 25.3 Å². The van der Waals surface area contributed by atoms with Crippen molar-refractivity contribution in [3.8, 4) is 56.3 Å². The van der Waals surface area contributed by atoms with Crippen molar-refractivity contribution in [2.45, 2.75) is 0 Å². The van der Waals surface area contributed by atoms with Crippen LogP contribution in [0.15, 0.2) is 156 Å². The van der Waals surface area contributed by atoms with Gasteiger partial charge < -0.3 is 0 Å². The lowest BCUT2D eigenvalue weighted by Gasteiger charge is -2.12. The van der Waals surface area contributed by atoms with E-state index >= 15 is 0 Å². The summed E-state index contributed by atoms with van der Waals surface area (Å²) in [4.78, 5) is 15.1. The van der Waals surface area contributed by atoms with Crippen molar-refractivity contribution in [3.63, 3.8) is 0 Å². The summed E-state index contributed by atoms with van der Waals surface area (Å²) in [5.74, 6) is 0.699. The van der Waals surface area contributed by atoms with Gasteiger partial charge in [-0.25, -0.2) is 19.6 Å². The molecule has 0 aliphatic carbocycles. The summed E-state index contributed by atoms with van der Waals surface area (Å²) in [6, 6.07) is 51.6. The number of hydrogen-bond acceptors (Lipinski definition) is 6. The Balaban J connectivity index is 1.15. The molecule has 0 saturated heterocycles. The van der Waals surface area contributed by atoms with Crippen LogP contribution in [0.25, 0.3) is 89.0 Å². The number of nitrogens with zero attached hydrogens (tertiary/aromatic N) is 5. The zero-order chi connectivity index (χ0) is 31.2. The molecule has 0 N–H and O–H groups in total. The van der Waals surface area contributed by atoms with E-state index in [1.165, 1.54) is 0 Å². The van der Waals surface area contributed by atoms with Crippen LogP contribution in [0.3, 0.4) is 0 Å². The van der Waals surface area contributed by atoms with Crippen molar-refractivity contribution in [2.75, 3.05) is 0 Å². The van der Waals surface area contributed by atoms with Crippen molar-refractivity contribution >= 4 is 32.7 Å². The molecule has 9 rings (SSSR count). The number of pyridine rings is 1. The molecule has 0 unspecified atom stereocenters. The van der Waals surface area contributed by atoms with Crippen LogP contribution < -0.4 is 0 Å². The molecule has 0 saturated carbocycles. The minimum Gasteiger partial charge on any atom is -0.247 e. The second-order valence-corrected chi connectivity index (χ2v) is 11.4. The molecule has 6 heteroatoms. The Morgan fingerprint density at radius 3 is 1.66 bits per heavy atom. The van der Waals surface area contributed by atoms with E-state index in [1.54, 1.807) is 0 Å². The Morgan fingerprint density at radius 1 is 0.383 bits per heavy atom. The summed E-state index contributed by atoms with van der Waals surface area (Å²) in [6.45, 7) is 0. The van der Waals surface area contributed by atoms with Gasteiger partial charge >= 0.3 is 0 Å². The summed E-state index contributed by atoms with van der Waals surface area (Å²) in [5.41, 5.74) is 11.2. The highest BCUT2D eigenvalue weighted by molar-refractivity contribution is 6.20. The Labute approximate surface area is 270 Å². The zero-order valence-corrected chi connectivity index (χ0v) is 25.1. The largest absolute Gasteiger partial charge is 0.247 e. The SMILES string of the molecule is c1ccc(-c2cc(-c3ccc(-c4ccc5c(c4)nc(-c4ccccc4)c4ccc6nonc6c45)cc3)nc(-c3ccccc3)n2)cc1. The molecule has 0 amide bonds. The average molecular weight is 604 g/mol. The lowest BCUT2D eigenvalue weighted by Crippen LogP contribution is -1.95. The molecule has 6 aromatic carbocycles. The van der Waals surface area contributed by atoms with Gasteiger partial charge in [0.05, 0.1) is 22.6 Å². The predicted molar refractivity (Wildman–Crippen MR) is 187 cm³/mol. The summed E-state index contributed by atoms with van der Waals surface area (Å²) >= 11 is 0. The van der Waals surface area contributed by atoms with E-state index in [4.69, 9.17) is 19.6 Å². The fourth-order valence-corrected chi connectivity index (χ4v) is 6.23. The first-order valence-corrected chi connectivity index (χ1v) is 15.4. The minimum atomic E-state index is 0.699. The van der Waals surface area contributed by atoms with Crippen LogP contribution >= 0.6 is 0 Å². The summed E-state index contributed by atoms with van der Waals surface area (Å²) in [6.07, 6.45) is 0. The molecule has 0 aliphatic heterocycles. The third-order valence-electron chi connectivity index (χ3n) is 8.57. The highest BCUT2D eigenvalue weighted by Crippen LogP contribution is 2.38. The topological polar surface area (TPSA) is 77.6 Å². The molecular formula is C41H25N5O. The Morgan fingerprint density at radius 2 is 0.957 bits per heavy atom. The van der Waals surface area contributed by atoms with Gasteiger partial charge in [0.25, 0.3) is 0 Å². The number of benzene rings is 6. The third kappa shape index (κ3) is 4.80. The summed E-state index contributed by atoms with van der Waals surface area (Å²) < 4.78 is 5.14. The minimum absolute atomic E-state index is 0.699. The van der Waals surface area contributed by atoms with E-state index < -0.39 is 0 Å². The van der Waals surface area contributed by atoms with Gasteiger partial charge in [0.1, 0.15) is 11.0 Å². The van der Waals surface area contributed by atoms with E-state index in [0.29, 0.717) is 5.82 Å². The fourth-order valence-electron chi connectivity index (χ4n) is 6.23. The first-order chi connectivity index (χ1) is 23.3.